The first-order chi connectivity index (χ1) is 25.9. The zero-order valence-corrected chi connectivity index (χ0v) is 30.5. The van der Waals surface area contributed by atoms with Crippen LogP contribution in [0.5, 0.6) is 5.75 Å². The lowest BCUT2D eigenvalue weighted by Crippen LogP contribution is -2.33. The summed E-state index contributed by atoms with van der Waals surface area (Å²) in [6.45, 7) is 17.8. The van der Waals surface area contributed by atoms with E-state index in [1.165, 1.54) is 31.9 Å². The summed E-state index contributed by atoms with van der Waals surface area (Å²) in [6, 6.07) is 10.3. The molecule has 14 heteroatoms. The van der Waals surface area contributed by atoms with Gasteiger partial charge >= 0.3 is 0 Å². The van der Waals surface area contributed by atoms with Crippen LogP contribution >= 0.6 is 0 Å². The number of benzene rings is 3. The highest BCUT2D eigenvalue weighted by atomic mass is 19.2. The second-order valence-electron chi connectivity index (χ2n) is 12.4. The number of amides is 1. The van der Waals surface area contributed by atoms with E-state index in [0.29, 0.717) is 34.6 Å². The van der Waals surface area contributed by atoms with Crippen molar-refractivity contribution in [2.24, 2.45) is 0 Å². The average Bonchev–Trinajstić information content (AvgIpc) is 3.17. The number of rotatable bonds is 10. The third kappa shape index (κ3) is 8.37. The second kappa shape index (κ2) is 17.0. The van der Waals surface area contributed by atoms with E-state index in [0.717, 1.165) is 5.69 Å². The van der Waals surface area contributed by atoms with Crippen LogP contribution in [0.4, 0.5) is 40.9 Å². The monoisotopic (exact) mass is 769 g/mol. The van der Waals surface area contributed by atoms with Crippen molar-refractivity contribution in [1.82, 2.24) is 9.88 Å². The molecule has 3 aromatic carbocycles. The first kappa shape index (κ1) is 41.7. The molecule has 0 saturated heterocycles. The summed E-state index contributed by atoms with van der Waals surface area (Å²) in [7, 11) is 1.44. The molecule has 0 saturated carbocycles. The lowest BCUT2D eigenvalue weighted by molar-refractivity contribution is -0.119. The average molecular weight is 770 g/mol. The van der Waals surface area contributed by atoms with Crippen molar-refractivity contribution < 1.29 is 49.4 Å². The number of anilines is 1. The molecule has 55 heavy (non-hydrogen) atoms. The molecule has 0 atom stereocenters. The predicted octanol–water partition coefficient (Wildman–Crippen LogP) is 9.66. The highest BCUT2D eigenvalue weighted by Crippen LogP contribution is 2.39. The molecule has 1 aliphatic heterocycles. The van der Waals surface area contributed by atoms with Crippen molar-refractivity contribution in [2.75, 3.05) is 25.0 Å². The van der Waals surface area contributed by atoms with Gasteiger partial charge in [0.25, 0.3) is 5.91 Å². The largest absolute Gasteiger partial charge is 0.451 e. The van der Waals surface area contributed by atoms with E-state index in [1.54, 1.807) is 47.5 Å². The third-order valence-corrected chi connectivity index (χ3v) is 8.80. The first-order valence-corrected chi connectivity index (χ1v) is 16.5. The maximum Gasteiger partial charge on any atom is 0.254 e. The van der Waals surface area contributed by atoms with E-state index in [-0.39, 0.29) is 34.6 Å². The van der Waals surface area contributed by atoms with E-state index in [9.17, 15) is 44.7 Å². The summed E-state index contributed by atoms with van der Waals surface area (Å²) >= 11 is 0. The Morgan fingerprint density at radius 1 is 0.836 bits per heavy atom. The van der Waals surface area contributed by atoms with Gasteiger partial charge in [-0.25, -0.2) is 31.3 Å². The first-order valence-electron chi connectivity index (χ1n) is 16.5. The maximum absolute atomic E-state index is 14.1. The number of ether oxygens (including phenoxy) is 1. The van der Waals surface area contributed by atoms with Crippen molar-refractivity contribution in [3.05, 3.63) is 159 Å². The molecule has 0 bridgehead atoms. The lowest BCUT2D eigenvalue weighted by Gasteiger charge is -2.29. The van der Waals surface area contributed by atoms with Crippen LogP contribution in [0.25, 0.3) is 11.6 Å². The molecule has 6 nitrogen and oxygen atoms in total. The van der Waals surface area contributed by atoms with Crippen LogP contribution in [-0.4, -0.2) is 41.7 Å². The predicted molar refractivity (Wildman–Crippen MR) is 193 cm³/mol. The normalized spacial score (nSPS) is 12.0. The number of carbonyl (C=O) groups is 2. The summed E-state index contributed by atoms with van der Waals surface area (Å²) in [4.78, 5) is 32.2. The minimum atomic E-state index is -2.26. The molecular weight excluding hydrogens is 734 g/mol. The molecule has 0 fully saturated rings. The van der Waals surface area contributed by atoms with Crippen molar-refractivity contribution in [1.29, 1.82) is 0 Å². The molecule has 5 rings (SSSR count). The van der Waals surface area contributed by atoms with Gasteiger partial charge in [-0.15, -0.1) is 0 Å². The highest BCUT2D eigenvalue weighted by Gasteiger charge is 2.30. The van der Waals surface area contributed by atoms with Crippen LogP contribution in [0, 0.1) is 67.3 Å². The van der Waals surface area contributed by atoms with Crippen molar-refractivity contribution in [2.45, 2.75) is 34.1 Å². The van der Waals surface area contributed by atoms with Gasteiger partial charge in [-0.3, -0.25) is 9.59 Å². The number of hydrogen-bond acceptors (Lipinski definition) is 5. The number of nitrogens with zero attached hydrogens (tertiary/aromatic N) is 3. The number of aromatic nitrogens is 1. The van der Waals surface area contributed by atoms with E-state index in [4.69, 9.17) is 4.74 Å². The summed E-state index contributed by atoms with van der Waals surface area (Å²) in [5, 5.41) is 0. The summed E-state index contributed by atoms with van der Waals surface area (Å²) in [5.41, 5.74) is 3.00. The van der Waals surface area contributed by atoms with Crippen LogP contribution in [0.15, 0.2) is 73.7 Å². The zero-order chi connectivity index (χ0) is 41.0. The Morgan fingerprint density at radius 3 is 2.02 bits per heavy atom. The van der Waals surface area contributed by atoms with E-state index in [2.05, 4.69) is 24.7 Å². The topological polar surface area (TPSA) is 62.7 Å². The van der Waals surface area contributed by atoms with Crippen LogP contribution < -0.4 is 9.64 Å². The van der Waals surface area contributed by atoms with Gasteiger partial charge in [0.2, 0.25) is 34.8 Å². The number of aryl methyl sites for hydroxylation is 1. The second-order valence-corrected chi connectivity index (χ2v) is 12.4. The molecule has 4 aromatic rings. The Balaban J connectivity index is 0.000000245. The minimum absolute atomic E-state index is 0.0407. The molecule has 0 N–H and O–H groups in total. The van der Waals surface area contributed by atoms with Crippen molar-refractivity contribution >= 4 is 29.2 Å². The van der Waals surface area contributed by atoms with E-state index < -0.39 is 70.4 Å². The molecule has 0 unspecified atom stereocenters. The summed E-state index contributed by atoms with van der Waals surface area (Å²) < 4.78 is 114. The van der Waals surface area contributed by atoms with Gasteiger partial charge in [-0.05, 0) is 68.2 Å². The Hall–Kier alpha value is -6.05. The summed E-state index contributed by atoms with van der Waals surface area (Å²) in [5.74, 6) is -16.8. The molecule has 0 radical (unpaired) electrons. The third-order valence-electron chi connectivity index (χ3n) is 8.80. The van der Waals surface area contributed by atoms with Crippen LogP contribution in [0.2, 0.25) is 0 Å². The molecule has 1 amide bonds. The van der Waals surface area contributed by atoms with Gasteiger partial charge in [0, 0.05) is 54.2 Å². The quantitative estimate of drug-likeness (QED) is 0.0696. The number of fused-ring (bicyclic) bond motifs is 1. The number of halogens is 8. The van der Waals surface area contributed by atoms with Crippen molar-refractivity contribution in [3.8, 4) is 5.75 Å². The fraction of sp³-hybridized carbons (Fsp3) is 0.195. The smallest absolute Gasteiger partial charge is 0.254 e. The van der Waals surface area contributed by atoms with Gasteiger partial charge in [-0.1, -0.05) is 44.0 Å². The maximum atomic E-state index is 14.1. The Kier molecular flexibility index (Phi) is 12.9. The van der Waals surface area contributed by atoms with Crippen LogP contribution in [0.1, 0.15) is 50.8 Å². The number of carbonyl (C=O) groups excluding carboxylic acids is 2. The van der Waals surface area contributed by atoms with Gasteiger partial charge in [0.05, 0.1) is 6.54 Å². The molecule has 0 spiro atoms. The molecule has 288 valence electrons. The van der Waals surface area contributed by atoms with Gasteiger partial charge in [0.15, 0.2) is 23.2 Å². The van der Waals surface area contributed by atoms with Crippen LogP contribution in [-0.2, 0) is 11.2 Å². The fourth-order valence-electron chi connectivity index (χ4n) is 5.60. The summed E-state index contributed by atoms with van der Waals surface area (Å²) in [6.07, 6.45) is 2.65. The highest BCUT2D eigenvalue weighted by molar-refractivity contribution is 5.99. The van der Waals surface area contributed by atoms with Gasteiger partial charge in [-0.2, -0.15) is 8.78 Å². The van der Waals surface area contributed by atoms with Gasteiger partial charge in [0.1, 0.15) is 11.6 Å². The number of allylic oxidation sites excluding steroid dienone is 1. The number of likely N-dealkylation sites (N-methyl/N-ethyl adjacent to an activating group) is 1. The Bertz CT molecular complexity index is 2230. The number of ketones is 1. The SMILES string of the molecule is C=C(Oc1c(F)c(F)c(F)c(F)c1F)C1=CN(CC)c2nc(C)ccc2C1=C.C=Cc1ccccc1C(=O)N(C)CC(=O)Cc1c(C)c(C)c(F)c(F)c1F. The standard InChI is InChI=1S/C21H20F3NO2.C20H15F5N2O/c1-5-14-8-6-7-9-16(14)21(27)25(4)11-15(26)10-17-12(2)13(3)18(22)20(24)19(17)23;1-5-27-8-13(10(3)12-7-6-9(2)26-20(12)27)11(4)28-19-17(24)15(22)14(21)16(23)18(19)25/h5-9H,1,10-11H2,2-4H3;6-8H,3-5H2,1-2H3. The lowest BCUT2D eigenvalue weighted by atomic mass is 9.95. The fourth-order valence-corrected chi connectivity index (χ4v) is 5.60. The van der Waals surface area contributed by atoms with Gasteiger partial charge < -0.3 is 14.5 Å². The molecule has 2 heterocycles. The molecule has 1 aliphatic rings. The number of Topliss-reactive ketones (excluding diaryl/α,β-unsaturated/α-hetero) is 1. The van der Waals surface area contributed by atoms with E-state index >= 15 is 0 Å². The molecule has 0 aliphatic carbocycles. The number of pyridine rings is 1. The number of hydrogen-bond donors (Lipinski definition) is 0. The minimum Gasteiger partial charge on any atom is -0.451 e. The van der Waals surface area contributed by atoms with E-state index in [1.807, 2.05) is 13.8 Å². The molecular formula is C41H35F8N3O3. The zero-order valence-electron chi connectivity index (χ0n) is 30.5. The van der Waals surface area contributed by atoms with Crippen molar-refractivity contribution in [3.63, 3.8) is 0 Å². The van der Waals surface area contributed by atoms with Crippen LogP contribution in [0.3, 0.4) is 0 Å². The Morgan fingerprint density at radius 2 is 1.42 bits per heavy atom. The Labute approximate surface area is 312 Å². The molecule has 1 aromatic heterocycles.